The third-order valence-corrected chi connectivity index (χ3v) is 4.10. The first-order valence-electron chi connectivity index (χ1n) is 6.40. The second-order valence-electron chi connectivity index (χ2n) is 6.11. The maximum Gasteiger partial charge on any atom is 0.0575 e. The number of hydrogen-bond acceptors (Lipinski definition) is 3. The van der Waals surface area contributed by atoms with Crippen molar-refractivity contribution in [1.29, 1.82) is 0 Å². The molecule has 0 aromatic heterocycles. The van der Waals surface area contributed by atoms with E-state index >= 15 is 0 Å². The average Bonchev–Trinajstić information content (AvgIpc) is 2.17. The summed E-state index contributed by atoms with van der Waals surface area (Å²) < 4.78 is 0. The van der Waals surface area contributed by atoms with Crippen LogP contribution in [-0.4, -0.2) is 60.8 Å². The van der Waals surface area contributed by atoms with Gasteiger partial charge in [-0.15, -0.1) is 0 Å². The molecule has 96 valence electrons. The molecule has 1 aliphatic heterocycles. The van der Waals surface area contributed by atoms with Crippen molar-refractivity contribution in [2.24, 2.45) is 5.41 Å². The third kappa shape index (κ3) is 3.72. The highest BCUT2D eigenvalue weighted by atomic mass is 16.3. The minimum atomic E-state index is -0.249. The molecule has 1 unspecified atom stereocenters. The fourth-order valence-corrected chi connectivity index (χ4v) is 2.34. The Bertz CT molecular complexity index is 208. The SMILES string of the molecule is CC(O)C(C)(C)CN(C)C1CCN(C)CC1. The summed E-state index contributed by atoms with van der Waals surface area (Å²) in [7, 11) is 4.38. The van der Waals surface area contributed by atoms with Crippen molar-refractivity contribution in [1.82, 2.24) is 9.80 Å². The Morgan fingerprint density at radius 3 is 2.31 bits per heavy atom. The second-order valence-corrected chi connectivity index (χ2v) is 6.11. The number of likely N-dealkylation sites (tertiary alicyclic amines) is 1. The van der Waals surface area contributed by atoms with Crippen molar-refractivity contribution in [2.45, 2.75) is 45.8 Å². The molecule has 1 rings (SSSR count). The highest BCUT2D eigenvalue weighted by molar-refractivity contribution is 4.83. The Balaban J connectivity index is 2.43. The Kier molecular flexibility index (Phi) is 4.77. The van der Waals surface area contributed by atoms with Crippen LogP contribution in [0.25, 0.3) is 0 Å². The van der Waals surface area contributed by atoms with E-state index in [4.69, 9.17) is 0 Å². The minimum Gasteiger partial charge on any atom is -0.393 e. The lowest BCUT2D eigenvalue weighted by molar-refractivity contribution is 0.0217. The maximum atomic E-state index is 9.73. The first-order chi connectivity index (χ1) is 7.33. The molecule has 0 saturated carbocycles. The molecule has 0 spiro atoms. The molecule has 0 aromatic rings. The fraction of sp³-hybridized carbons (Fsp3) is 1.00. The smallest absolute Gasteiger partial charge is 0.0575 e. The lowest BCUT2D eigenvalue weighted by Gasteiger charge is -2.40. The number of nitrogens with zero attached hydrogens (tertiary/aromatic N) is 2. The number of rotatable bonds is 4. The number of hydrogen-bond donors (Lipinski definition) is 1. The lowest BCUT2D eigenvalue weighted by Crippen LogP contribution is -2.47. The van der Waals surface area contributed by atoms with Gasteiger partial charge in [0.15, 0.2) is 0 Å². The van der Waals surface area contributed by atoms with E-state index in [1.165, 1.54) is 25.9 Å². The summed E-state index contributed by atoms with van der Waals surface area (Å²) in [6.07, 6.45) is 2.26. The summed E-state index contributed by atoms with van der Waals surface area (Å²) in [6.45, 7) is 9.54. The summed E-state index contributed by atoms with van der Waals surface area (Å²) in [6, 6.07) is 0.689. The van der Waals surface area contributed by atoms with Crippen LogP contribution in [-0.2, 0) is 0 Å². The van der Waals surface area contributed by atoms with Crippen LogP contribution in [0.2, 0.25) is 0 Å². The van der Waals surface area contributed by atoms with E-state index in [0.717, 1.165) is 6.54 Å². The third-order valence-electron chi connectivity index (χ3n) is 4.10. The van der Waals surface area contributed by atoms with Crippen molar-refractivity contribution in [3.8, 4) is 0 Å². The molecule has 1 fully saturated rings. The molecule has 1 aliphatic rings. The van der Waals surface area contributed by atoms with E-state index in [1.807, 2.05) is 6.92 Å². The highest BCUT2D eigenvalue weighted by Crippen LogP contribution is 2.24. The Morgan fingerprint density at radius 2 is 1.88 bits per heavy atom. The van der Waals surface area contributed by atoms with E-state index in [-0.39, 0.29) is 11.5 Å². The first-order valence-corrected chi connectivity index (χ1v) is 6.40. The topological polar surface area (TPSA) is 26.7 Å². The van der Waals surface area contributed by atoms with Crippen molar-refractivity contribution >= 4 is 0 Å². The molecular formula is C13H28N2O. The Morgan fingerprint density at radius 1 is 1.38 bits per heavy atom. The van der Waals surface area contributed by atoms with Crippen LogP contribution in [0.15, 0.2) is 0 Å². The van der Waals surface area contributed by atoms with Crippen molar-refractivity contribution in [3.63, 3.8) is 0 Å². The van der Waals surface area contributed by atoms with Gasteiger partial charge in [0.1, 0.15) is 0 Å². The average molecular weight is 228 g/mol. The normalized spacial score (nSPS) is 22.7. The van der Waals surface area contributed by atoms with E-state index < -0.39 is 0 Å². The summed E-state index contributed by atoms with van der Waals surface area (Å²) >= 11 is 0. The molecule has 0 bridgehead atoms. The molecule has 16 heavy (non-hydrogen) atoms. The van der Waals surface area contributed by atoms with Gasteiger partial charge in [0, 0.05) is 18.0 Å². The zero-order valence-corrected chi connectivity index (χ0v) is 11.5. The zero-order chi connectivity index (χ0) is 12.3. The highest BCUT2D eigenvalue weighted by Gasteiger charge is 2.29. The molecule has 3 nitrogen and oxygen atoms in total. The van der Waals surface area contributed by atoms with Gasteiger partial charge < -0.3 is 14.9 Å². The summed E-state index contributed by atoms with van der Waals surface area (Å²) in [5.41, 5.74) is -0.0158. The number of piperidine rings is 1. The van der Waals surface area contributed by atoms with Crippen LogP contribution in [0, 0.1) is 5.41 Å². The van der Waals surface area contributed by atoms with Gasteiger partial charge in [-0.05, 0) is 47.0 Å². The monoisotopic (exact) mass is 228 g/mol. The first kappa shape index (κ1) is 13.9. The minimum absolute atomic E-state index is 0.0158. The van der Waals surface area contributed by atoms with Gasteiger partial charge in [0.05, 0.1) is 6.10 Å². The number of aliphatic hydroxyl groups is 1. The van der Waals surface area contributed by atoms with E-state index in [9.17, 15) is 5.11 Å². The molecule has 0 amide bonds. The molecule has 3 heteroatoms. The molecule has 0 aliphatic carbocycles. The number of aliphatic hydroxyl groups excluding tert-OH is 1. The van der Waals surface area contributed by atoms with Gasteiger partial charge in [0.25, 0.3) is 0 Å². The zero-order valence-electron chi connectivity index (χ0n) is 11.5. The van der Waals surface area contributed by atoms with Crippen LogP contribution in [0.5, 0.6) is 0 Å². The van der Waals surface area contributed by atoms with Gasteiger partial charge in [0.2, 0.25) is 0 Å². The summed E-state index contributed by atoms with van der Waals surface area (Å²) in [5.74, 6) is 0. The van der Waals surface area contributed by atoms with Crippen LogP contribution in [0.1, 0.15) is 33.6 Å². The van der Waals surface area contributed by atoms with E-state index in [1.54, 1.807) is 0 Å². The van der Waals surface area contributed by atoms with Crippen molar-refractivity contribution in [2.75, 3.05) is 33.7 Å². The molecule has 1 heterocycles. The van der Waals surface area contributed by atoms with E-state index in [0.29, 0.717) is 6.04 Å². The largest absolute Gasteiger partial charge is 0.393 e. The van der Waals surface area contributed by atoms with Crippen molar-refractivity contribution in [3.05, 3.63) is 0 Å². The molecule has 1 N–H and O–H groups in total. The standard InChI is InChI=1S/C13H28N2O/c1-11(16)13(2,3)10-15(5)12-6-8-14(4)9-7-12/h11-12,16H,6-10H2,1-5H3. The molecule has 1 saturated heterocycles. The fourth-order valence-electron chi connectivity index (χ4n) is 2.34. The maximum absolute atomic E-state index is 9.73. The Hall–Kier alpha value is -0.120. The predicted octanol–water partition coefficient (Wildman–Crippen LogP) is 1.42. The quantitative estimate of drug-likeness (QED) is 0.788. The van der Waals surface area contributed by atoms with Gasteiger partial charge in [-0.2, -0.15) is 0 Å². The van der Waals surface area contributed by atoms with Gasteiger partial charge in [-0.3, -0.25) is 0 Å². The molecular weight excluding hydrogens is 200 g/mol. The summed E-state index contributed by atoms with van der Waals surface area (Å²) in [5, 5.41) is 9.73. The Labute approximate surface area is 100 Å². The second kappa shape index (κ2) is 5.48. The molecule has 0 radical (unpaired) electrons. The molecule has 0 aromatic carbocycles. The van der Waals surface area contributed by atoms with Gasteiger partial charge >= 0.3 is 0 Å². The van der Waals surface area contributed by atoms with E-state index in [2.05, 4.69) is 37.7 Å². The van der Waals surface area contributed by atoms with Gasteiger partial charge in [-0.25, -0.2) is 0 Å². The van der Waals surface area contributed by atoms with Crippen LogP contribution in [0.4, 0.5) is 0 Å². The van der Waals surface area contributed by atoms with Crippen molar-refractivity contribution < 1.29 is 5.11 Å². The van der Waals surface area contributed by atoms with Crippen LogP contribution in [0.3, 0.4) is 0 Å². The summed E-state index contributed by atoms with van der Waals surface area (Å²) in [4.78, 5) is 4.82. The predicted molar refractivity (Wildman–Crippen MR) is 68.6 cm³/mol. The lowest BCUT2D eigenvalue weighted by atomic mass is 9.86. The van der Waals surface area contributed by atoms with Crippen LogP contribution >= 0.6 is 0 Å². The molecule has 1 atom stereocenters. The van der Waals surface area contributed by atoms with Crippen LogP contribution < -0.4 is 0 Å². The van der Waals surface area contributed by atoms with Gasteiger partial charge in [-0.1, -0.05) is 13.8 Å².